The summed E-state index contributed by atoms with van der Waals surface area (Å²) in [7, 11) is 0. The molecule has 4 rings (SSSR count). The predicted octanol–water partition coefficient (Wildman–Crippen LogP) is 7.22. The maximum atomic E-state index is 13.5. The molecule has 2 unspecified atom stereocenters. The van der Waals surface area contributed by atoms with Crippen LogP contribution in [0, 0.1) is 52.3 Å². The van der Waals surface area contributed by atoms with E-state index in [1.54, 1.807) is 0 Å². The molecule has 0 spiro atoms. The molecule has 3 heteroatoms. The smallest absolute Gasteiger partial charge is 0.302 e. The number of fused-ring (bicyclic) bond motifs is 5. The molecule has 0 bridgehead atoms. The average Bonchev–Trinajstić information content (AvgIpc) is 3.10. The van der Waals surface area contributed by atoms with Gasteiger partial charge in [0.25, 0.3) is 0 Å². The molecule has 4 fully saturated rings. The van der Waals surface area contributed by atoms with Crippen LogP contribution in [0.4, 0.5) is 0 Å². The SMILES string of the molecule is CC(=O)OCC(C)CCC[C@@H](C)[C@H]1CC[C@H]2[C@@H]3C(=O)CC4CCCC[C@]4(C)[C@H]3CC[C@]12C. The molecule has 0 radical (unpaired) electrons. The summed E-state index contributed by atoms with van der Waals surface area (Å²) in [5.41, 5.74) is 0.789. The minimum atomic E-state index is -0.170. The van der Waals surface area contributed by atoms with Gasteiger partial charge < -0.3 is 4.74 Å². The zero-order valence-electron chi connectivity index (χ0n) is 21.5. The van der Waals surface area contributed by atoms with Crippen molar-refractivity contribution >= 4 is 11.8 Å². The second-order valence-electron chi connectivity index (χ2n) is 12.9. The molecule has 0 N–H and O–H groups in total. The highest BCUT2D eigenvalue weighted by Gasteiger charge is 2.62. The fraction of sp³-hybridized carbons (Fsp3) is 0.931. The first-order valence-electron chi connectivity index (χ1n) is 13.8. The van der Waals surface area contributed by atoms with Crippen molar-refractivity contribution in [2.24, 2.45) is 52.3 Å². The highest BCUT2D eigenvalue weighted by Crippen LogP contribution is 2.67. The number of hydrogen-bond donors (Lipinski definition) is 0. The van der Waals surface area contributed by atoms with Crippen LogP contribution in [0.5, 0.6) is 0 Å². The third-order valence-corrected chi connectivity index (χ3v) is 11.1. The van der Waals surface area contributed by atoms with Crippen LogP contribution in [0.1, 0.15) is 112 Å². The van der Waals surface area contributed by atoms with Crippen LogP contribution in [0.2, 0.25) is 0 Å². The van der Waals surface area contributed by atoms with Crippen LogP contribution in [0.15, 0.2) is 0 Å². The van der Waals surface area contributed by atoms with Gasteiger partial charge in [-0.15, -0.1) is 0 Å². The molecule has 0 aromatic rings. The highest BCUT2D eigenvalue weighted by molar-refractivity contribution is 5.83. The Hall–Kier alpha value is -0.860. The molecule has 4 saturated carbocycles. The van der Waals surface area contributed by atoms with Gasteiger partial charge in [-0.25, -0.2) is 0 Å². The van der Waals surface area contributed by atoms with Gasteiger partial charge in [0.15, 0.2) is 0 Å². The van der Waals surface area contributed by atoms with Gasteiger partial charge in [0.05, 0.1) is 6.61 Å². The summed E-state index contributed by atoms with van der Waals surface area (Å²) in [6.45, 7) is 11.8. The van der Waals surface area contributed by atoms with E-state index in [0.29, 0.717) is 52.8 Å². The van der Waals surface area contributed by atoms with Crippen molar-refractivity contribution in [1.82, 2.24) is 0 Å². The Kier molecular flexibility index (Phi) is 7.14. The number of carbonyl (C=O) groups is 2. The number of Topliss-reactive ketones (excluding diaryl/α,β-unsaturated/α-hetero) is 1. The molecular weight excluding hydrogens is 396 g/mol. The first-order chi connectivity index (χ1) is 15.2. The standard InChI is InChI=1S/C29H48O3/c1-19(18-32-21(3)30)9-8-10-20(2)23-12-13-24-27-25(14-16-29(23,24)5)28(4)15-7-6-11-22(28)17-26(27)31/h19-20,22-25,27H,6-18H2,1-5H3/t19?,20-,22?,23-,24+,25+,27+,28+,29-/m1/s1. The van der Waals surface area contributed by atoms with E-state index in [2.05, 4.69) is 27.7 Å². The van der Waals surface area contributed by atoms with Gasteiger partial charge in [-0.05, 0) is 91.3 Å². The normalized spacial score (nSPS) is 43.0. The van der Waals surface area contributed by atoms with Gasteiger partial charge in [0.1, 0.15) is 5.78 Å². The number of esters is 1. The zero-order valence-corrected chi connectivity index (χ0v) is 21.5. The quantitative estimate of drug-likeness (QED) is 0.389. The van der Waals surface area contributed by atoms with E-state index in [4.69, 9.17) is 4.74 Å². The molecule has 9 atom stereocenters. The topological polar surface area (TPSA) is 43.4 Å². The molecule has 0 saturated heterocycles. The number of hydrogen-bond acceptors (Lipinski definition) is 3. The van der Waals surface area contributed by atoms with Gasteiger partial charge >= 0.3 is 5.97 Å². The number of carbonyl (C=O) groups excluding carboxylic acids is 2. The van der Waals surface area contributed by atoms with E-state index in [9.17, 15) is 9.59 Å². The molecule has 0 aromatic carbocycles. The Labute approximate surface area is 196 Å². The van der Waals surface area contributed by atoms with E-state index in [1.807, 2.05) is 0 Å². The molecule has 4 aliphatic rings. The van der Waals surface area contributed by atoms with Crippen molar-refractivity contribution in [3.8, 4) is 0 Å². The summed E-state index contributed by atoms with van der Waals surface area (Å²) >= 11 is 0. The molecular formula is C29H48O3. The summed E-state index contributed by atoms with van der Waals surface area (Å²) in [4.78, 5) is 24.6. The van der Waals surface area contributed by atoms with Gasteiger partial charge in [0, 0.05) is 19.3 Å². The zero-order chi connectivity index (χ0) is 23.1. The molecule has 3 nitrogen and oxygen atoms in total. The summed E-state index contributed by atoms with van der Waals surface area (Å²) in [6, 6.07) is 0. The van der Waals surface area contributed by atoms with Crippen molar-refractivity contribution in [2.45, 2.75) is 112 Å². The molecule has 0 aliphatic heterocycles. The Bertz CT molecular complexity index is 701. The lowest BCUT2D eigenvalue weighted by atomic mass is 9.44. The van der Waals surface area contributed by atoms with E-state index in [-0.39, 0.29) is 5.97 Å². The number of ketones is 1. The van der Waals surface area contributed by atoms with Crippen molar-refractivity contribution in [2.75, 3.05) is 6.61 Å². The molecule has 0 heterocycles. The van der Waals surface area contributed by atoms with Crippen LogP contribution in [-0.4, -0.2) is 18.4 Å². The van der Waals surface area contributed by atoms with Crippen LogP contribution >= 0.6 is 0 Å². The first kappa shape index (κ1) is 24.3. The molecule has 4 aliphatic carbocycles. The van der Waals surface area contributed by atoms with Crippen LogP contribution in [0.3, 0.4) is 0 Å². The maximum absolute atomic E-state index is 13.5. The summed E-state index contributed by atoms with van der Waals surface area (Å²) in [5, 5.41) is 0. The minimum Gasteiger partial charge on any atom is -0.466 e. The van der Waals surface area contributed by atoms with Gasteiger partial charge in [-0.1, -0.05) is 53.4 Å². The van der Waals surface area contributed by atoms with Crippen molar-refractivity contribution < 1.29 is 14.3 Å². The second-order valence-corrected chi connectivity index (χ2v) is 12.9. The monoisotopic (exact) mass is 444 g/mol. The van der Waals surface area contributed by atoms with E-state index in [0.717, 1.165) is 24.7 Å². The number of ether oxygens (including phenoxy) is 1. The maximum Gasteiger partial charge on any atom is 0.302 e. The highest BCUT2D eigenvalue weighted by atomic mass is 16.5. The molecule has 0 amide bonds. The van der Waals surface area contributed by atoms with Crippen molar-refractivity contribution in [3.63, 3.8) is 0 Å². The lowest BCUT2D eigenvalue weighted by Crippen LogP contribution is -2.56. The second kappa shape index (κ2) is 9.41. The average molecular weight is 445 g/mol. The van der Waals surface area contributed by atoms with Crippen molar-refractivity contribution in [1.29, 1.82) is 0 Å². The van der Waals surface area contributed by atoms with Gasteiger partial charge in [0.2, 0.25) is 0 Å². The third kappa shape index (κ3) is 4.31. The lowest BCUT2D eigenvalue weighted by molar-refractivity contribution is -0.156. The minimum absolute atomic E-state index is 0.170. The summed E-state index contributed by atoms with van der Waals surface area (Å²) < 4.78 is 5.18. The molecule has 32 heavy (non-hydrogen) atoms. The Balaban J connectivity index is 1.39. The van der Waals surface area contributed by atoms with Crippen LogP contribution in [-0.2, 0) is 14.3 Å². The summed E-state index contributed by atoms with van der Waals surface area (Å²) in [6.07, 6.45) is 15.1. The fourth-order valence-electron chi connectivity index (χ4n) is 9.27. The predicted molar refractivity (Wildman–Crippen MR) is 129 cm³/mol. The van der Waals surface area contributed by atoms with Crippen LogP contribution in [0.25, 0.3) is 0 Å². The van der Waals surface area contributed by atoms with Crippen LogP contribution < -0.4 is 0 Å². The Morgan fingerprint density at radius 2 is 1.75 bits per heavy atom. The van der Waals surface area contributed by atoms with Gasteiger partial charge in [-0.2, -0.15) is 0 Å². The summed E-state index contributed by atoms with van der Waals surface area (Å²) in [5.74, 6) is 4.71. The van der Waals surface area contributed by atoms with Crippen molar-refractivity contribution in [3.05, 3.63) is 0 Å². The van der Waals surface area contributed by atoms with E-state index in [1.165, 1.54) is 71.1 Å². The molecule has 0 aromatic heterocycles. The Morgan fingerprint density at radius 1 is 1.00 bits per heavy atom. The largest absolute Gasteiger partial charge is 0.466 e. The first-order valence-corrected chi connectivity index (χ1v) is 13.8. The fourth-order valence-corrected chi connectivity index (χ4v) is 9.27. The molecule has 182 valence electrons. The number of rotatable bonds is 7. The van der Waals surface area contributed by atoms with E-state index >= 15 is 0 Å². The van der Waals surface area contributed by atoms with Gasteiger partial charge in [-0.3, -0.25) is 9.59 Å². The van der Waals surface area contributed by atoms with E-state index < -0.39 is 0 Å². The third-order valence-electron chi connectivity index (χ3n) is 11.1. The lowest BCUT2D eigenvalue weighted by Gasteiger charge is -2.60. The Morgan fingerprint density at radius 3 is 2.50 bits per heavy atom.